The SMILES string of the molecule is CCCCC(CC)C(=O)Nc1ccc([N+](=O)[O-])cc1O. The Morgan fingerprint density at radius 3 is 2.65 bits per heavy atom. The lowest BCUT2D eigenvalue weighted by Crippen LogP contribution is -2.22. The first kappa shape index (κ1) is 15.9. The molecule has 1 rings (SSSR count). The van der Waals surface area contributed by atoms with Crippen LogP contribution in [0.3, 0.4) is 0 Å². The molecule has 0 aliphatic carbocycles. The van der Waals surface area contributed by atoms with Gasteiger partial charge in [0, 0.05) is 12.0 Å². The summed E-state index contributed by atoms with van der Waals surface area (Å²) in [5, 5.41) is 22.9. The van der Waals surface area contributed by atoms with Crippen molar-refractivity contribution in [2.24, 2.45) is 5.92 Å². The fourth-order valence-electron chi connectivity index (χ4n) is 1.95. The van der Waals surface area contributed by atoms with Crippen LogP contribution in [-0.2, 0) is 4.79 Å². The highest BCUT2D eigenvalue weighted by Gasteiger charge is 2.18. The number of aromatic hydroxyl groups is 1. The molecule has 0 saturated heterocycles. The number of nitrogens with one attached hydrogen (secondary N) is 1. The number of nitro groups is 1. The summed E-state index contributed by atoms with van der Waals surface area (Å²) in [6.45, 7) is 4.00. The molecule has 0 spiro atoms. The third-order valence-electron chi connectivity index (χ3n) is 3.22. The van der Waals surface area contributed by atoms with Gasteiger partial charge in [-0.05, 0) is 18.9 Å². The number of phenols is 1. The molecule has 6 nitrogen and oxygen atoms in total. The van der Waals surface area contributed by atoms with Crippen molar-refractivity contribution in [3.63, 3.8) is 0 Å². The van der Waals surface area contributed by atoms with E-state index in [0.717, 1.165) is 31.7 Å². The van der Waals surface area contributed by atoms with E-state index in [4.69, 9.17) is 0 Å². The van der Waals surface area contributed by atoms with Crippen molar-refractivity contribution in [2.45, 2.75) is 39.5 Å². The molecule has 1 unspecified atom stereocenters. The fourth-order valence-corrected chi connectivity index (χ4v) is 1.95. The molecular formula is C14H20N2O4. The number of unbranched alkanes of at least 4 members (excludes halogenated alkanes) is 1. The molecule has 1 aromatic rings. The summed E-state index contributed by atoms with van der Waals surface area (Å²) in [4.78, 5) is 22.0. The Morgan fingerprint density at radius 2 is 2.15 bits per heavy atom. The average molecular weight is 280 g/mol. The van der Waals surface area contributed by atoms with Crippen molar-refractivity contribution < 1.29 is 14.8 Å². The maximum atomic E-state index is 12.1. The summed E-state index contributed by atoms with van der Waals surface area (Å²) < 4.78 is 0. The summed E-state index contributed by atoms with van der Waals surface area (Å²) in [5.41, 5.74) is -0.00549. The summed E-state index contributed by atoms with van der Waals surface area (Å²) in [7, 11) is 0. The van der Waals surface area contributed by atoms with E-state index >= 15 is 0 Å². The number of hydrogen-bond acceptors (Lipinski definition) is 4. The Labute approximate surface area is 118 Å². The van der Waals surface area contributed by atoms with Crippen LogP contribution in [-0.4, -0.2) is 15.9 Å². The first-order chi connectivity index (χ1) is 9.49. The molecule has 20 heavy (non-hydrogen) atoms. The van der Waals surface area contributed by atoms with Crippen molar-refractivity contribution in [3.8, 4) is 5.75 Å². The van der Waals surface area contributed by atoms with Crippen LogP contribution in [0.1, 0.15) is 39.5 Å². The predicted octanol–water partition coefficient (Wildman–Crippen LogP) is 3.46. The average Bonchev–Trinajstić information content (AvgIpc) is 2.41. The Morgan fingerprint density at radius 1 is 1.45 bits per heavy atom. The van der Waals surface area contributed by atoms with Crippen LogP contribution >= 0.6 is 0 Å². The molecule has 0 bridgehead atoms. The normalized spacial score (nSPS) is 11.9. The quantitative estimate of drug-likeness (QED) is 0.454. The summed E-state index contributed by atoms with van der Waals surface area (Å²) in [6, 6.07) is 3.63. The van der Waals surface area contributed by atoms with Crippen molar-refractivity contribution in [2.75, 3.05) is 5.32 Å². The van der Waals surface area contributed by atoms with Crippen molar-refractivity contribution in [3.05, 3.63) is 28.3 Å². The maximum absolute atomic E-state index is 12.1. The molecule has 0 fully saturated rings. The Bertz CT molecular complexity index is 488. The van der Waals surface area contributed by atoms with Gasteiger partial charge in [0.15, 0.2) is 0 Å². The minimum Gasteiger partial charge on any atom is -0.506 e. The number of amides is 1. The number of non-ortho nitro benzene ring substituents is 1. The van der Waals surface area contributed by atoms with Crippen LogP contribution in [0, 0.1) is 16.0 Å². The minimum absolute atomic E-state index is 0.107. The molecule has 1 aromatic carbocycles. The highest BCUT2D eigenvalue weighted by atomic mass is 16.6. The van der Waals surface area contributed by atoms with E-state index in [1.807, 2.05) is 6.92 Å². The van der Waals surface area contributed by atoms with Gasteiger partial charge in [-0.3, -0.25) is 14.9 Å². The largest absolute Gasteiger partial charge is 0.506 e. The number of nitrogens with zero attached hydrogens (tertiary/aromatic N) is 1. The third kappa shape index (κ3) is 4.22. The van der Waals surface area contributed by atoms with Gasteiger partial charge in [0.05, 0.1) is 16.7 Å². The van der Waals surface area contributed by atoms with Crippen LogP contribution in [0.2, 0.25) is 0 Å². The van der Waals surface area contributed by atoms with Gasteiger partial charge in [-0.15, -0.1) is 0 Å². The Hall–Kier alpha value is -2.11. The zero-order chi connectivity index (χ0) is 15.1. The number of hydrogen-bond donors (Lipinski definition) is 2. The first-order valence-corrected chi connectivity index (χ1v) is 6.77. The highest BCUT2D eigenvalue weighted by Crippen LogP contribution is 2.28. The van der Waals surface area contributed by atoms with Gasteiger partial charge < -0.3 is 10.4 Å². The molecule has 0 heterocycles. The standard InChI is InChI=1S/C14H20N2O4/c1-3-5-6-10(4-2)14(18)15-12-8-7-11(16(19)20)9-13(12)17/h7-10,17H,3-6H2,1-2H3,(H,15,18). The lowest BCUT2D eigenvalue weighted by molar-refractivity contribution is -0.384. The molecule has 0 aromatic heterocycles. The predicted molar refractivity (Wildman–Crippen MR) is 76.7 cm³/mol. The van der Waals surface area contributed by atoms with Crippen molar-refractivity contribution in [1.82, 2.24) is 0 Å². The van der Waals surface area contributed by atoms with E-state index in [1.54, 1.807) is 0 Å². The van der Waals surface area contributed by atoms with E-state index in [9.17, 15) is 20.0 Å². The van der Waals surface area contributed by atoms with E-state index < -0.39 is 4.92 Å². The number of carbonyl (C=O) groups is 1. The van der Waals surface area contributed by atoms with Crippen LogP contribution in [0.5, 0.6) is 5.75 Å². The smallest absolute Gasteiger partial charge is 0.273 e. The monoisotopic (exact) mass is 280 g/mol. The molecule has 0 saturated carbocycles. The first-order valence-electron chi connectivity index (χ1n) is 6.77. The lowest BCUT2D eigenvalue weighted by atomic mass is 9.98. The van der Waals surface area contributed by atoms with Crippen LogP contribution in [0.15, 0.2) is 18.2 Å². The Kier molecular flexibility index (Phi) is 5.96. The topological polar surface area (TPSA) is 92.5 Å². The second-order valence-corrected chi connectivity index (χ2v) is 4.70. The second-order valence-electron chi connectivity index (χ2n) is 4.70. The molecule has 2 N–H and O–H groups in total. The fraction of sp³-hybridized carbons (Fsp3) is 0.500. The van der Waals surface area contributed by atoms with Crippen LogP contribution in [0.25, 0.3) is 0 Å². The van der Waals surface area contributed by atoms with Gasteiger partial charge >= 0.3 is 0 Å². The molecule has 0 aliphatic heterocycles. The number of benzene rings is 1. The van der Waals surface area contributed by atoms with Gasteiger partial charge in [-0.1, -0.05) is 26.7 Å². The number of nitro benzene ring substituents is 1. The van der Waals surface area contributed by atoms with Crippen LogP contribution < -0.4 is 5.32 Å². The van der Waals surface area contributed by atoms with E-state index in [-0.39, 0.29) is 28.9 Å². The molecular weight excluding hydrogens is 260 g/mol. The van der Waals surface area contributed by atoms with Gasteiger partial charge in [0.1, 0.15) is 5.75 Å². The zero-order valence-electron chi connectivity index (χ0n) is 11.8. The number of rotatable bonds is 7. The molecule has 1 atom stereocenters. The van der Waals surface area contributed by atoms with Gasteiger partial charge in [-0.2, -0.15) is 0 Å². The highest BCUT2D eigenvalue weighted by molar-refractivity contribution is 5.94. The van der Waals surface area contributed by atoms with Gasteiger partial charge in [0.25, 0.3) is 5.69 Å². The summed E-state index contributed by atoms with van der Waals surface area (Å²) >= 11 is 0. The van der Waals surface area contributed by atoms with Crippen molar-refractivity contribution in [1.29, 1.82) is 0 Å². The number of phenolic OH excluding ortho intramolecular Hbond substituents is 1. The number of carbonyl (C=O) groups excluding carboxylic acids is 1. The van der Waals surface area contributed by atoms with Gasteiger partial charge in [-0.25, -0.2) is 0 Å². The van der Waals surface area contributed by atoms with Gasteiger partial charge in [0.2, 0.25) is 5.91 Å². The molecule has 6 heteroatoms. The van der Waals surface area contributed by atoms with Crippen molar-refractivity contribution >= 4 is 17.3 Å². The molecule has 0 radical (unpaired) electrons. The summed E-state index contributed by atoms with van der Waals surface area (Å²) in [6.07, 6.45) is 3.51. The maximum Gasteiger partial charge on any atom is 0.273 e. The molecule has 110 valence electrons. The van der Waals surface area contributed by atoms with Crippen LogP contribution in [0.4, 0.5) is 11.4 Å². The minimum atomic E-state index is -0.596. The number of anilines is 1. The molecule has 1 amide bonds. The van der Waals surface area contributed by atoms with E-state index in [2.05, 4.69) is 12.2 Å². The van der Waals surface area contributed by atoms with E-state index in [0.29, 0.717) is 0 Å². The second kappa shape index (κ2) is 7.47. The Balaban J connectivity index is 2.76. The van der Waals surface area contributed by atoms with E-state index in [1.165, 1.54) is 12.1 Å². The third-order valence-corrected chi connectivity index (χ3v) is 3.22. The lowest BCUT2D eigenvalue weighted by Gasteiger charge is -2.15. The molecule has 0 aliphatic rings. The summed E-state index contributed by atoms with van der Waals surface area (Å²) in [5.74, 6) is -0.562. The zero-order valence-corrected chi connectivity index (χ0v) is 11.8.